The average Bonchev–Trinajstić information content (AvgIpc) is 2.68. The fourth-order valence-corrected chi connectivity index (χ4v) is 3.27. The fourth-order valence-electron chi connectivity index (χ4n) is 1.84. The molecule has 0 amide bonds. The summed E-state index contributed by atoms with van der Waals surface area (Å²) in [7, 11) is 0. The van der Waals surface area contributed by atoms with Crippen LogP contribution >= 0.6 is 27.3 Å². The van der Waals surface area contributed by atoms with Gasteiger partial charge in [0.25, 0.3) is 0 Å². The van der Waals surface area contributed by atoms with Gasteiger partial charge >= 0.3 is 0 Å². The first-order valence-electron chi connectivity index (χ1n) is 6.23. The highest BCUT2D eigenvalue weighted by Gasteiger charge is 2.07. The number of hydrogen-bond acceptors (Lipinski definition) is 2. The first kappa shape index (κ1) is 14.2. The van der Waals surface area contributed by atoms with Crippen LogP contribution in [0.15, 0.2) is 15.9 Å². The average molecular weight is 304 g/mol. The van der Waals surface area contributed by atoms with Crippen molar-refractivity contribution in [3.05, 3.63) is 20.8 Å². The van der Waals surface area contributed by atoms with Crippen LogP contribution in [-0.4, -0.2) is 6.04 Å². The molecule has 1 atom stereocenters. The molecule has 0 bridgehead atoms. The van der Waals surface area contributed by atoms with Crippen LogP contribution in [0.3, 0.4) is 0 Å². The molecule has 92 valence electrons. The van der Waals surface area contributed by atoms with Crippen molar-refractivity contribution in [1.82, 2.24) is 5.32 Å². The number of unbranched alkanes of at least 4 members (excludes halogenated alkanes) is 1. The van der Waals surface area contributed by atoms with Gasteiger partial charge in [-0.05, 0) is 40.9 Å². The van der Waals surface area contributed by atoms with Crippen LogP contribution in [0.4, 0.5) is 0 Å². The molecule has 3 heteroatoms. The molecule has 0 aliphatic heterocycles. The molecule has 0 spiro atoms. The van der Waals surface area contributed by atoms with E-state index in [0.29, 0.717) is 6.04 Å². The lowest BCUT2D eigenvalue weighted by molar-refractivity contribution is 0.435. The van der Waals surface area contributed by atoms with E-state index in [4.69, 9.17) is 0 Å². The van der Waals surface area contributed by atoms with Crippen LogP contribution in [0.25, 0.3) is 0 Å². The van der Waals surface area contributed by atoms with Crippen LogP contribution in [0.2, 0.25) is 0 Å². The number of hydrogen-bond donors (Lipinski definition) is 1. The number of rotatable bonds is 8. The lowest BCUT2D eigenvalue weighted by Crippen LogP contribution is -2.28. The van der Waals surface area contributed by atoms with Crippen molar-refractivity contribution in [1.29, 1.82) is 0 Å². The zero-order chi connectivity index (χ0) is 11.8. The minimum Gasteiger partial charge on any atom is -0.309 e. The van der Waals surface area contributed by atoms with Crippen LogP contribution in [0.5, 0.6) is 0 Å². The van der Waals surface area contributed by atoms with E-state index < -0.39 is 0 Å². The Morgan fingerprint density at radius 1 is 1.25 bits per heavy atom. The Hall–Kier alpha value is 0.140. The first-order chi connectivity index (χ1) is 7.76. The molecule has 1 aromatic heterocycles. The summed E-state index contributed by atoms with van der Waals surface area (Å²) in [4.78, 5) is 1.42. The van der Waals surface area contributed by atoms with Gasteiger partial charge in [-0.15, -0.1) is 11.3 Å². The summed E-state index contributed by atoms with van der Waals surface area (Å²) in [6.45, 7) is 5.55. The maximum Gasteiger partial charge on any atom is 0.0701 e. The van der Waals surface area contributed by atoms with Gasteiger partial charge in [-0.2, -0.15) is 0 Å². The molecule has 0 saturated heterocycles. The van der Waals surface area contributed by atoms with E-state index in [-0.39, 0.29) is 0 Å². The Kier molecular flexibility index (Phi) is 7.33. The Morgan fingerprint density at radius 2 is 2.06 bits per heavy atom. The van der Waals surface area contributed by atoms with E-state index in [9.17, 15) is 0 Å². The van der Waals surface area contributed by atoms with E-state index >= 15 is 0 Å². The maximum atomic E-state index is 3.67. The smallest absolute Gasteiger partial charge is 0.0701 e. The third-order valence-corrected chi connectivity index (χ3v) is 4.36. The monoisotopic (exact) mass is 303 g/mol. The standard InChI is InChI=1S/C13H22BrNS/c1-3-5-7-11(6-4-2)15-10-12-8-9-13(14)16-12/h8-9,11,15H,3-7,10H2,1-2H3. The Morgan fingerprint density at radius 3 is 2.62 bits per heavy atom. The van der Waals surface area contributed by atoms with Crippen molar-refractivity contribution in [3.63, 3.8) is 0 Å². The molecule has 1 rings (SSSR count). The van der Waals surface area contributed by atoms with Gasteiger partial charge in [0.2, 0.25) is 0 Å². The molecule has 1 unspecified atom stereocenters. The van der Waals surface area contributed by atoms with E-state index in [1.807, 2.05) is 11.3 Å². The minimum atomic E-state index is 0.700. The van der Waals surface area contributed by atoms with Gasteiger partial charge in [-0.25, -0.2) is 0 Å². The van der Waals surface area contributed by atoms with Gasteiger partial charge in [0.05, 0.1) is 3.79 Å². The predicted octanol–water partition coefficient (Wildman–Crippen LogP) is 4.96. The van der Waals surface area contributed by atoms with Gasteiger partial charge in [0.15, 0.2) is 0 Å². The van der Waals surface area contributed by atoms with E-state index in [1.54, 1.807) is 0 Å². The van der Waals surface area contributed by atoms with Crippen LogP contribution in [0, 0.1) is 0 Å². The Balaban J connectivity index is 2.30. The second-order valence-electron chi connectivity index (χ2n) is 4.21. The minimum absolute atomic E-state index is 0.700. The fraction of sp³-hybridized carbons (Fsp3) is 0.692. The highest BCUT2D eigenvalue weighted by atomic mass is 79.9. The summed E-state index contributed by atoms with van der Waals surface area (Å²) in [5.74, 6) is 0. The largest absolute Gasteiger partial charge is 0.309 e. The Bertz CT molecular complexity index is 285. The van der Waals surface area contributed by atoms with Gasteiger partial charge in [-0.3, -0.25) is 0 Å². The Labute approximate surface area is 112 Å². The molecule has 1 aromatic rings. The summed E-state index contributed by atoms with van der Waals surface area (Å²) >= 11 is 5.33. The van der Waals surface area contributed by atoms with E-state index in [1.165, 1.54) is 40.8 Å². The highest BCUT2D eigenvalue weighted by molar-refractivity contribution is 9.11. The zero-order valence-electron chi connectivity index (χ0n) is 10.3. The summed E-state index contributed by atoms with van der Waals surface area (Å²) in [6, 6.07) is 5.03. The van der Waals surface area contributed by atoms with E-state index in [0.717, 1.165) is 6.54 Å². The summed E-state index contributed by atoms with van der Waals surface area (Å²) < 4.78 is 1.23. The molecule has 0 saturated carbocycles. The van der Waals surface area contributed by atoms with Crippen molar-refractivity contribution in [3.8, 4) is 0 Å². The molecule has 0 aromatic carbocycles. The van der Waals surface area contributed by atoms with Crippen molar-refractivity contribution in [2.24, 2.45) is 0 Å². The quantitative estimate of drug-likeness (QED) is 0.716. The van der Waals surface area contributed by atoms with Gasteiger partial charge < -0.3 is 5.32 Å². The van der Waals surface area contributed by atoms with Gasteiger partial charge in [0.1, 0.15) is 0 Å². The van der Waals surface area contributed by atoms with Gasteiger partial charge in [-0.1, -0.05) is 33.1 Å². The van der Waals surface area contributed by atoms with Crippen LogP contribution < -0.4 is 5.32 Å². The molecular weight excluding hydrogens is 282 g/mol. The van der Waals surface area contributed by atoms with Crippen molar-refractivity contribution >= 4 is 27.3 Å². The molecule has 1 nitrogen and oxygen atoms in total. The molecule has 0 aliphatic carbocycles. The molecule has 1 heterocycles. The number of nitrogens with one attached hydrogen (secondary N) is 1. The maximum absolute atomic E-state index is 3.67. The molecular formula is C13H22BrNS. The van der Waals surface area contributed by atoms with E-state index in [2.05, 4.69) is 47.2 Å². The number of halogens is 1. The third-order valence-electron chi connectivity index (χ3n) is 2.74. The second-order valence-corrected chi connectivity index (χ2v) is 6.76. The summed E-state index contributed by atoms with van der Waals surface area (Å²) in [6.07, 6.45) is 6.52. The number of thiophene rings is 1. The van der Waals surface area contributed by atoms with Crippen LogP contribution in [-0.2, 0) is 6.54 Å². The SMILES string of the molecule is CCCCC(CCC)NCc1ccc(Br)s1. The summed E-state index contributed by atoms with van der Waals surface area (Å²) in [5, 5.41) is 3.67. The molecule has 16 heavy (non-hydrogen) atoms. The van der Waals surface area contributed by atoms with Crippen molar-refractivity contribution in [2.75, 3.05) is 0 Å². The third kappa shape index (κ3) is 5.46. The first-order valence-corrected chi connectivity index (χ1v) is 7.84. The second kappa shape index (κ2) is 8.26. The highest BCUT2D eigenvalue weighted by Crippen LogP contribution is 2.22. The predicted molar refractivity (Wildman–Crippen MR) is 77.1 cm³/mol. The normalized spacial score (nSPS) is 12.9. The van der Waals surface area contributed by atoms with Crippen molar-refractivity contribution in [2.45, 2.75) is 58.5 Å². The molecule has 0 radical (unpaired) electrons. The zero-order valence-corrected chi connectivity index (χ0v) is 12.7. The van der Waals surface area contributed by atoms with Gasteiger partial charge in [0, 0.05) is 17.5 Å². The molecule has 0 fully saturated rings. The lowest BCUT2D eigenvalue weighted by Gasteiger charge is -2.17. The van der Waals surface area contributed by atoms with Crippen LogP contribution in [0.1, 0.15) is 50.8 Å². The van der Waals surface area contributed by atoms with Crippen molar-refractivity contribution < 1.29 is 0 Å². The lowest BCUT2D eigenvalue weighted by atomic mass is 10.1. The topological polar surface area (TPSA) is 12.0 Å². The molecule has 0 aliphatic rings. The summed E-state index contributed by atoms with van der Waals surface area (Å²) in [5.41, 5.74) is 0. The molecule has 1 N–H and O–H groups in total.